The molecule has 0 bridgehead atoms. The molecule has 0 spiro atoms. The number of aromatic nitrogens is 1. The van der Waals surface area contributed by atoms with Crippen molar-refractivity contribution in [1.29, 1.82) is 0 Å². The predicted molar refractivity (Wildman–Crippen MR) is 64.8 cm³/mol. The van der Waals surface area contributed by atoms with Gasteiger partial charge in [-0.25, -0.2) is 4.98 Å². The highest BCUT2D eigenvalue weighted by molar-refractivity contribution is 7.13. The normalized spacial score (nSPS) is 10.4. The van der Waals surface area contributed by atoms with Gasteiger partial charge in [0, 0.05) is 7.11 Å². The van der Waals surface area contributed by atoms with Gasteiger partial charge < -0.3 is 9.47 Å². The summed E-state index contributed by atoms with van der Waals surface area (Å²) in [6, 6.07) is 7.97. The third kappa shape index (κ3) is 2.40. The highest BCUT2D eigenvalue weighted by Crippen LogP contribution is 2.26. The molecule has 84 valence electrons. The predicted octanol–water partition coefficient (Wildman–Crippen LogP) is 3.10. The van der Waals surface area contributed by atoms with Crippen molar-refractivity contribution in [2.24, 2.45) is 0 Å². The second-order valence-electron chi connectivity index (χ2n) is 3.31. The first-order chi connectivity index (χ1) is 7.81. The first-order valence-electron chi connectivity index (χ1n) is 4.94. The minimum absolute atomic E-state index is 0.251. The molecule has 0 fully saturated rings. The Morgan fingerprint density at radius 1 is 1.31 bits per heavy atom. The fraction of sp³-hybridized carbons (Fsp3) is 0.250. The van der Waals surface area contributed by atoms with Crippen molar-refractivity contribution >= 4 is 11.3 Å². The van der Waals surface area contributed by atoms with Crippen LogP contribution in [0.1, 0.15) is 5.69 Å². The summed E-state index contributed by atoms with van der Waals surface area (Å²) in [5.41, 5.74) is 1.86. The number of ether oxygens (including phenoxy) is 2. The molecule has 16 heavy (non-hydrogen) atoms. The van der Waals surface area contributed by atoms with Crippen LogP contribution in [0.25, 0.3) is 10.6 Å². The lowest BCUT2D eigenvalue weighted by molar-refractivity contribution is 0.0503. The Morgan fingerprint density at radius 3 is 2.81 bits per heavy atom. The quantitative estimate of drug-likeness (QED) is 0.763. The van der Waals surface area contributed by atoms with E-state index >= 15 is 0 Å². The van der Waals surface area contributed by atoms with Crippen LogP contribution in [-0.4, -0.2) is 18.9 Å². The number of methoxy groups -OCH3 is 1. The molecule has 0 unspecified atom stereocenters. The number of aryl methyl sites for hydroxylation is 1. The maximum Gasteiger partial charge on any atom is 0.188 e. The number of nitrogens with zero attached hydrogens (tertiary/aromatic N) is 1. The summed E-state index contributed by atoms with van der Waals surface area (Å²) in [6.45, 7) is 2.18. The fourth-order valence-electron chi connectivity index (χ4n) is 1.38. The van der Waals surface area contributed by atoms with Crippen molar-refractivity contribution in [3.05, 3.63) is 35.3 Å². The molecule has 4 heteroatoms. The Kier molecular flexibility index (Phi) is 3.54. The molecule has 0 saturated heterocycles. The van der Waals surface area contributed by atoms with E-state index in [4.69, 9.17) is 9.47 Å². The van der Waals surface area contributed by atoms with Gasteiger partial charge in [0.15, 0.2) is 6.79 Å². The van der Waals surface area contributed by atoms with Gasteiger partial charge in [0.1, 0.15) is 5.75 Å². The highest BCUT2D eigenvalue weighted by Gasteiger charge is 2.05. The smallest absolute Gasteiger partial charge is 0.188 e. The molecule has 0 radical (unpaired) electrons. The molecule has 0 atom stereocenters. The summed E-state index contributed by atoms with van der Waals surface area (Å²) in [6.07, 6.45) is 0. The molecule has 2 heterocycles. The van der Waals surface area contributed by atoms with E-state index in [9.17, 15) is 0 Å². The maximum atomic E-state index is 5.38. The third-order valence-corrected chi connectivity index (χ3v) is 3.04. The van der Waals surface area contributed by atoms with Gasteiger partial charge in [0.05, 0.1) is 16.3 Å². The summed E-state index contributed by atoms with van der Waals surface area (Å²) < 4.78 is 10.2. The number of rotatable bonds is 4. The van der Waals surface area contributed by atoms with Crippen LogP contribution in [0, 0.1) is 6.92 Å². The van der Waals surface area contributed by atoms with Gasteiger partial charge in [-0.2, -0.15) is 0 Å². The van der Waals surface area contributed by atoms with E-state index in [0.29, 0.717) is 0 Å². The molecule has 0 aliphatic rings. The van der Waals surface area contributed by atoms with Gasteiger partial charge in [-0.1, -0.05) is 6.07 Å². The summed E-state index contributed by atoms with van der Waals surface area (Å²) >= 11 is 1.68. The largest absolute Gasteiger partial charge is 0.466 e. The number of thiophene rings is 1. The average molecular weight is 235 g/mol. The fourth-order valence-corrected chi connectivity index (χ4v) is 2.08. The van der Waals surface area contributed by atoms with Crippen LogP contribution in [0.4, 0.5) is 0 Å². The molecule has 3 nitrogen and oxygen atoms in total. The maximum absolute atomic E-state index is 5.38. The molecule has 2 rings (SSSR count). The van der Waals surface area contributed by atoms with Crippen molar-refractivity contribution in [2.75, 3.05) is 13.9 Å². The summed E-state index contributed by atoms with van der Waals surface area (Å²) in [7, 11) is 1.60. The second kappa shape index (κ2) is 5.09. The minimum Gasteiger partial charge on any atom is -0.466 e. The number of pyridine rings is 1. The first kappa shape index (κ1) is 11.1. The van der Waals surface area contributed by atoms with E-state index in [2.05, 4.69) is 11.1 Å². The van der Waals surface area contributed by atoms with Crippen molar-refractivity contribution in [3.8, 4) is 16.3 Å². The molecular weight excluding hydrogens is 222 g/mol. The average Bonchev–Trinajstić information content (AvgIpc) is 2.81. The van der Waals surface area contributed by atoms with E-state index in [1.165, 1.54) is 4.88 Å². The van der Waals surface area contributed by atoms with Crippen LogP contribution in [-0.2, 0) is 4.74 Å². The summed E-state index contributed by atoms with van der Waals surface area (Å²) in [5.74, 6) is 0.766. The van der Waals surface area contributed by atoms with E-state index in [-0.39, 0.29) is 6.79 Å². The molecule has 0 N–H and O–H groups in total. The third-order valence-electron chi connectivity index (χ3n) is 2.14. The van der Waals surface area contributed by atoms with Crippen molar-refractivity contribution in [2.45, 2.75) is 6.92 Å². The van der Waals surface area contributed by atoms with Gasteiger partial charge in [-0.15, -0.1) is 11.3 Å². The lowest BCUT2D eigenvalue weighted by Gasteiger charge is -2.08. The molecule has 2 aromatic rings. The van der Waals surface area contributed by atoms with Crippen LogP contribution in [0.2, 0.25) is 0 Å². The molecule has 0 aliphatic heterocycles. The van der Waals surface area contributed by atoms with E-state index in [0.717, 1.165) is 17.1 Å². The number of hydrogen-bond donors (Lipinski definition) is 0. The minimum atomic E-state index is 0.251. The van der Waals surface area contributed by atoms with Gasteiger partial charge in [-0.05, 0) is 30.5 Å². The topological polar surface area (TPSA) is 31.4 Å². The lowest BCUT2D eigenvalue weighted by atomic mass is 10.2. The van der Waals surface area contributed by atoms with Crippen LogP contribution in [0.15, 0.2) is 29.6 Å². The second-order valence-corrected chi connectivity index (χ2v) is 4.26. The first-order valence-corrected chi connectivity index (χ1v) is 5.82. The Bertz CT molecular complexity index is 454. The summed E-state index contributed by atoms with van der Waals surface area (Å²) in [4.78, 5) is 5.67. The Morgan fingerprint density at radius 2 is 2.19 bits per heavy atom. The van der Waals surface area contributed by atoms with Gasteiger partial charge in [-0.3, -0.25) is 0 Å². The molecular formula is C12H13NO2S. The molecule has 0 aromatic carbocycles. The standard InChI is InChI=1S/C12H13NO2S/c1-9-11(15-8-14-2)6-5-10(13-9)12-4-3-7-16-12/h3-7H,8H2,1-2H3. The zero-order valence-corrected chi connectivity index (χ0v) is 10.1. The van der Waals surface area contributed by atoms with Crippen LogP contribution in [0.3, 0.4) is 0 Å². The van der Waals surface area contributed by atoms with E-state index in [1.54, 1.807) is 18.4 Å². The van der Waals surface area contributed by atoms with Gasteiger partial charge in [0.25, 0.3) is 0 Å². The van der Waals surface area contributed by atoms with E-state index in [1.807, 2.05) is 30.5 Å². The Balaban J connectivity index is 2.23. The molecule has 2 aromatic heterocycles. The van der Waals surface area contributed by atoms with Crippen LogP contribution < -0.4 is 4.74 Å². The van der Waals surface area contributed by atoms with Crippen LogP contribution in [0.5, 0.6) is 5.75 Å². The zero-order valence-electron chi connectivity index (χ0n) is 9.27. The highest BCUT2D eigenvalue weighted by atomic mass is 32.1. The van der Waals surface area contributed by atoms with Gasteiger partial charge in [0.2, 0.25) is 0 Å². The van der Waals surface area contributed by atoms with Crippen molar-refractivity contribution in [3.63, 3.8) is 0 Å². The van der Waals surface area contributed by atoms with Crippen molar-refractivity contribution in [1.82, 2.24) is 4.98 Å². The monoisotopic (exact) mass is 235 g/mol. The lowest BCUT2D eigenvalue weighted by Crippen LogP contribution is -2.01. The van der Waals surface area contributed by atoms with Crippen LogP contribution >= 0.6 is 11.3 Å². The van der Waals surface area contributed by atoms with Crippen molar-refractivity contribution < 1.29 is 9.47 Å². The number of hydrogen-bond acceptors (Lipinski definition) is 4. The molecule has 0 aliphatic carbocycles. The Labute approximate surface area is 98.7 Å². The van der Waals surface area contributed by atoms with Gasteiger partial charge >= 0.3 is 0 Å². The molecule has 0 saturated carbocycles. The summed E-state index contributed by atoms with van der Waals surface area (Å²) in [5, 5.41) is 2.04. The zero-order chi connectivity index (χ0) is 11.4. The Hall–Kier alpha value is -1.39. The SMILES string of the molecule is COCOc1ccc(-c2cccs2)nc1C. The van der Waals surface area contributed by atoms with E-state index < -0.39 is 0 Å². The molecule has 0 amide bonds.